The Hall–Kier alpha value is -1.12. The SMILES string of the molecule is C=CCC(CCCCC)OC(Cc1ccccc1)OC. The molecule has 0 radical (unpaired) electrons. The average Bonchev–Trinajstić information content (AvgIpc) is 2.48. The highest BCUT2D eigenvalue weighted by atomic mass is 16.7. The fourth-order valence-electron chi connectivity index (χ4n) is 2.26. The third kappa shape index (κ3) is 6.88. The molecule has 112 valence electrons. The van der Waals surface area contributed by atoms with E-state index in [1.54, 1.807) is 7.11 Å². The number of ether oxygens (including phenoxy) is 2. The molecule has 0 spiro atoms. The van der Waals surface area contributed by atoms with E-state index in [0.29, 0.717) is 0 Å². The minimum Gasteiger partial charge on any atom is -0.356 e. The van der Waals surface area contributed by atoms with Gasteiger partial charge < -0.3 is 9.47 Å². The maximum absolute atomic E-state index is 6.10. The molecule has 0 aliphatic carbocycles. The summed E-state index contributed by atoms with van der Waals surface area (Å²) < 4.78 is 11.6. The summed E-state index contributed by atoms with van der Waals surface area (Å²) in [5, 5.41) is 0. The van der Waals surface area contributed by atoms with Gasteiger partial charge in [-0.05, 0) is 18.4 Å². The summed E-state index contributed by atoms with van der Waals surface area (Å²) in [6.45, 7) is 6.04. The van der Waals surface area contributed by atoms with Crippen molar-refractivity contribution in [3.8, 4) is 0 Å². The number of unbranched alkanes of at least 4 members (excludes halogenated alkanes) is 2. The Bertz CT molecular complexity index is 348. The molecule has 1 rings (SSSR count). The first-order valence-corrected chi connectivity index (χ1v) is 7.63. The lowest BCUT2D eigenvalue weighted by atomic mass is 10.1. The summed E-state index contributed by atoms with van der Waals surface area (Å²) >= 11 is 0. The van der Waals surface area contributed by atoms with Crippen molar-refractivity contribution >= 4 is 0 Å². The van der Waals surface area contributed by atoms with Gasteiger partial charge in [-0.3, -0.25) is 0 Å². The van der Waals surface area contributed by atoms with Crippen molar-refractivity contribution < 1.29 is 9.47 Å². The fraction of sp³-hybridized carbons (Fsp3) is 0.556. The van der Waals surface area contributed by atoms with E-state index in [2.05, 4.69) is 25.6 Å². The Morgan fingerprint density at radius 1 is 1.20 bits per heavy atom. The number of benzene rings is 1. The molecule has 0 saturated heterocycles. The van der Waals surface area contributed by atoms with Crippen molar-refractivity contribution in [2.24, 2.45) is 0 Å². The molecule has 0 N–H and O–H groups in total. The quantitative estimate of drug-likeness (QED) is 0.330. The molecular weight excluding hydrogens is 248 g/mol. The molecule has 0 amide bonds. The van der Waals surface area contributed by atoms with Crippen LogP contribution in [0, 0.1) is 0 Å². The Labute approximate surface area is 123 Å². The third-order valence-electron chi connectivity index (χ3n) is 3.41. The smallest absolute Gasteiger partial charge is 0.161 e. The molecule has 0 heterocycles. The normalized spacial score (nSPS) is 13.9. The van der Waals surface area contributed by atoms with Gasteiger partial charge in [0.2, 0.25) is 0 Å². The van der Waals surface area contributed by atoms with E-state index >= 15 is 0 Å². The molecule has 2 nitrogen and oxygen atoms in total. The van der Waals surface area contributed by atoms with Crippen LogP contribution in [0.4, 0.5) is 0 Å². The Kier molecular flexibility index (Phi) is 9.01. The van der Waals surface area contributed by atoms with Crippen molar-refractivity contribution in [2.75, 3.05) is 7.11 Å². The van der Waals surface area contributed by atoms with Crippen molar-refractivity contribution in [2.45, 2.75) is 57.8 Å². The van der Waals surface area contributed by atoms with Crippen LogP contribution in [0.5, 0.6) is 0 Å². The molecule has 1 aromatic carbocycles. The summed E-state index contributed by atoms with van der Waals surface area (Å²) in [5.74, 6) is 0. The molecule has 0 aliphatic heterocycles. The van der Waals surface area contributed by atoms with E-state index in [9.17, 15) is 0 Å². The molecule has 0 bridgehead atoms. The zero-order chi connectivity index (χ0) is 14.6. The molecule has 1 aromatic rings. The predicted molar refractivity (Wildman–Crippen MR) is 84.8 cm³/mol. The minimum atomic E-state index is -0.177. The van der Waals surface area contributed by atoms with Crippen LogP contribution in [-0.2, 0) is 15.9 Å². The zero-order valence-electron chi connectivity index (χ0n) is 12.9. The lowest BCUT2D eigenvalue weighted by Crippen LogP contribution is -2.25. The summed E-state index contributed by atoms with van der Waals surface area (Å²) in [6.07, 6.45) is 8.43. The van der Waals surface area contributed by atoms with Crippen LogP contribution in [0.1, 0.15) is 44.6 Å². The predicted octanol–water partition coefficient (Wildman–Crippen LogP) is 4.74. The second-order valence-corrected chi connectivity index (χ2v) is 5.13. The Morgan fingerprint density at radius 3 is 2.55 bits per heavy atom. The fourth-order valence-corrected chi connectivity index (χ4v) is 2.26. The largest absolute Gasteiger partial charge is 0.356 e. The second-order valence-electron chi connectivity index (χ2n) is 5.13. The molecule has 0 saturated carbocycles. The summed E-state index contributed by atoms with van der Waals surface area (Å²) in [5.41, 5.74) is 1.24. The highest BCUT2D eigenvalue weighted by molar-refractivity contribution is 5.15. The van der Waals surface area contributed by atoms with Gasteiger partial charge in [-0.1, -0.05) is 62.6 Å². The monoisotopic (exact) mass is 276 g/mol. The lowest BCUT2D eigenvalue weighted by Gasteiger charge is -2.23. The van der Waals surface area contributed by atoms with E-state index < -0.39 is 0 Å². The minimum absolute atomic E-state index is 0.177. The van der Waals surface area contributed by atoms with Crippen LogP contribution in [0.25, 0.3) is 0 Å². The third-order valence-corrected chi connectivity index (χ3v) is 3.41. The first kappa shape index (κ1) is 16.9. The number of methoxy groups -OCH3 is 1. The Morgan fingerprint density at radius 2 is 1.95 bits per heavy atom. The first-order valence-electron chi connectivity index (χ1n) is 7.63. The van der Waals surface area contributed by atoms with Gasteiger partial charge in [0.05, 0.1) is 6.10 Å². The maximum atomic E-state index is 6.10. The van der Waals surface area contributed by atoms with Crippen molar-refractivity contribution in [3.63, 3.8) is 0 Å². The highest BCUT2D eigenvalue weighted by Gasteiger charge is 2.15. The van der Waals surface area contributed by atoms with Crippen LogP contribution < -0.4 is 0 Å². The zero-order valence-corrected chi connectivity index (χ0v) is 12.9. The van der Waals surface area contributed by atoms with Crippen LogP contribution in [0.2, 0.25) is 0 Å². The standard InChI is InChI=1S/C18H28O2/c1-4-6-8-14-17(11-5-2)20-18(19-3)15-16-12-9-7-10-13-16/h5,7,9-10,12-13,17-18H,2,4,6,8,11,14-15H2,1,3H3. The highest BCUT2D eigenvalue weighted by Crippen LogP contribution is 2.16. The van der Waals surface area contributed by atoms with E-state index in [1.807, 2.05) is 24.3 Å². The van der Waals surface area contributed by atoms with Gasteiger partial charge in [0.15, 0.2) is 6.29 Å². The molecule has 0 aliphatic rings. The van der Waals surface area contributed by atoms with Gasteiger partial charge in [0.1, 0.15) is 0 Å². The topological polar surface area (TPSA) is 18.5 Å². The van der Waals surface area contributed by atoms with Crippen LogP contribution >= 0.6 is 0 Å². The van der Waals surface area contributed by atoms with Crippen LogP contribution in [0.3, 0.4) is 0 Å². The molecule has 0 aromatic heterocycles. The van der Waals surface area contributed by atoms with Crippen molar-refractivity contribution in [3.05, 3.63) is 48.6 Å². The van der Waals surface area contributed by atoms with E-state index in [4.69, 9.17) is 9.47 Å². The van der Waals surface area contributed by atoms with Gasteiger partial charge >= 0.3 is 0 Å². The summed E-state index contributed by atoms with van der Waals surface area (Å²) in [4.78, 5) is 0. The molecule has 2 atom stereocenters. The van der Waals surface area contributed by atoms with E-state index in [0.717, 1.165) is 19.3 Å². The van der Waals surface area contributed by atoms with Gasteiger partial charge in [0, 0.05) is 13.5 Å². The van der Waals surface area contributed by atoms with Crippen molar-refractivity contribution in [1.29, 1.82) is 0 Å². The van der Waals surface area contributed by atoms with E-state index in [-0.39, 0.29) is 12.4 Å². The number of rotatable bonds is 11. The van der Waals surface area contributed by atoms with Gasteiger partial charge in [0.25, 0.3) is 0 Å². The molecule has 2 unspecified atom stereocenters. The van der Waals surface area contributed by atoms with E-state index in [1.165, 1.54) is 24.8 Å². The first-order chi connectivity index (χ1) is 9.80. The summed E-state index contributed by atoms with van der Waals surface area (Å²) in [6, 6.07) is 10.3. The maximum Gasteiger partial charge on any atom is 0.161 e. The van der Waals surface area contributed by atoms with Crippen LogP contribution in [-0.4, -0.2) is 19.5 Å². The number of hydrogen-bond acceptors (Lipinski definition) is 2. The molecule has 2 heteroatoms. The van der Waals surface area contributed by atoms with Gasteiger partial charge in [-0.2, -0.15) is 0 Å². The van der Waals surface area contributed by atoms with Gasteiger partial charge in [-0.25, -0.2) is 0 Å². The number of hydrogen-bond donors (Lipinski definition) is 0. The summed E-state index contributed by atoms with van der Waals surface area (Å²) in [7, 11) is 1.71. The average molecular weight is 276 g/mol. The second kappa shape index (κ2) is 10.6. The Balaban J connectivity index is 2.47. The van der Waals surface area contributed by atoms with Gasteiger partial charge in [-0.15, -0.1) is 6.58 Å². The van der Waals surface area contributed by atoms with Crippen LogP contribution in [0.15, 0.2) is 43.0 Å². The lowest BCUT2D eigenvalue weighted by molar-refractivity contribution is -0.155. The van der Waals surface area contributed by atoms with Crippen molar-refractivity contribution in [1.82, 2.24) is 0 Å². The molecular formula is C18H28O2. The molecule has 20 heavy (non-hydrogen) atoms. The molecule has 0 fully saturated rings.